The number of carbonyl (C=O) groups is 1. The minimum absolute atomic E-state index is 0.0590. The number of para-hydroxylation sites is 1. The van der Waals surface area contributed by atoms with Crippen molar-refractivity contribution in [2.24, 2.45) is 0 Å². The highest BCUT2D eigenvalue weighted by atomic mass is 16.5. The summed E-state index contributed by atoms with van der Waals surface area (Å²) in [6.07, 6.45) is 3.36. The van der Waals surface area contributed by atoms with Gasteiger partial charge in [0.2, 0.25) is 5.91 Å². The third-order valence-electron chi connectivity index (χ3n) is 4.77. The summed E-state index contributed by atoms with van der Waals surface area (Å²) in [6, 6.07) is 12.5. The van der Waals surface area contributed by atoms with E-state index in [1.807, 2.05) is 12.1 Å². The number of benzene rings is 1. The van der Waals surface area contributed by atoms with Crippen molar-refractivity contribution >= 4 is 22.6 Å². The Labute approximate surface area is 146 Å². The van der Waals surface area contributed by atoms with Gasteiger partial charge in [-0.3, -0.25) is 9.69 Å². The van der Waals surface area contributed by atoms with Crippen LogP contribution in [-0.2, 0) is 4.79 Å². The smallest absolute Gasteiger partial charge is 0.239 e. The Hall–Kier alpha value is -2.60. The number of amides is 1. The lowest BCUT2D eigenvalue weighted by Crippen LogP contribution is -2.39. The monoisotopic (exact) mass is 338 g/mol. The fraction of sp³-hybridized carbons (Fsp3) is 0.368. The van der Waals surface area contributed by atoms with Gasteiger partial charge in [-0.2, -0.15) is 0 Å². The summed E-state index contributed by atoms with van der Waals surface area (Å²) in [7, 11) is 0. The average molecular weight is 338 g/mol. The molecule has 1 fully saturated rings. The normalized spacial score (nSPS) is 18.5. The number of H-pyrrole nitrogens is 1. The van der Waals surface area contributed by atoms with E-state index in [4.69, 9.17) is 4.52 Å². The largest absolute Gasteiger partial charge is 0.360 e. The number of hydrogen-bond acceptors (Lipinski definition) is 4. The van der Waals surface area contributed by atoms with Crippen molar-refractivity contribution < 1.29 is 9.32 Å². The van der Waals surface area contributed by atoms with Crippen LogP contribution in [0.5, 0.6) is 0 Å². The Morgan fingerprint density at radius 3 is 3.04 bits per heavy atom. The molecule has 1 aliphatic rings. The Morgan fingerprint density at radius 2 is 2.24 bits per heavy atom. The molecule has 2 N–H and O–H groups in total. The minimum atomic E-state index is -0.0590. The summed E-state index contributed by atoms with van der Waals surface area (Å²) in [5, 5.41) is 7.85. The van der Waals surface area contributed by atoms with Gasteiger partial charge in [0.1, 0.15) is 5.76 Å². The number of nitrogens with one attached hydrogen (secondary N) is 2. The average Bonchev–Trinajstić information content (AvgIpc) is 3.21. The number of rotatable bonds is 4. The predicted octanol–water partition coefficient (Wildman–Crippen LogP) is 3.63. The highest BCUT2D eigenvalue weighted by Gasteiger charge is 2.27. The molecule has 1 aliphatic heterocycles. The molecule has 0 bridgehead atoms. The van der Waals surface area contributed by atoms with E-state index < -0.39 is 0 Å². The van der Waals surface area contributed by atoms with Gasteiger partial charge in [0, 0.05) is 17.3 Å². The molecule has 2 aromatic heterocycles. The maximum Gasteiger partial charge on any atom is 0.239 e. The number of aromatic amines is 1. The molecule has 6 nitrogen and oxygen atoms in total. The second kappa shape index (κ2) is 6.72. The molecule has 3 heterocycles. The minimum Gasteiger partial charge on any atom is -0.360 e. The topological polar surface area (TPSA) is 74.2 Å². The van der Waals surface area contributed by atoms with Crippen LogP contribution in [0.25, 0.3) is 10.9 Å². The van der Waals surface area contributed by atoms with Gasteiger partial charge in [0.05, 0.1) is 12.6 Å². The van der Waals surface area contributed by atoms with Crippen molar-refractivity contribution in [1.29, 1.82) is 0 Å². The van der Waals surface area contributed by atoms with Crippen molar-refractivity contribution in [3.63, 3.8) is 0 Å². The second-order valence-electron chi connectivity index (χ2n) is 6.66. The number of piperidine rings is 1. The molecule has 0 aliphatic carbocycles. The first-order chi connectivity index (χ1) is 12.2. The van der Waals surface area contributed by atoms with E-state index in [9.17, 15) is 4.79 Å². The van der Waals surface area contributed by atoms with Gasteiger partial charge >= 0.3 is 0 Å². The highest BCUT2D eigenvalue weighted by molar-refractivity contribution is 5.91. The number of hydrogen-bond donors (Lipinski definition) is 2. The zero-order valence-corrected chi connectivity index (χ0v) is 14.3. The Bertz CT molecular complexity index is 849. The first-order valence-electron chi connectivity index (χ1n) is 8.74. The first-order valence-corrected chi connectivity index (χ1v) is 8.74. The molecule has 0 radical (unpaired) electrons. The second-order valence-corrected chi connectivity index (χ2v) is 6.66. The predicted molar refractivity (Wildman–Crippen MR) is 96.3 cm³/mol. The van der Waals surface area contributed by atoms with E-state index in [0.717, 1.165) is 24.9 Å². The quantitative estimate of drug-likeness (QED) is 0.762. The maximum atomic E-state index is 12.4. The first kappa shape index (κ1) is 15.9. The van der Waals surface area contributed by atoms with E-state index >= 15 is 0 Å². The van der Waals surface area contributed by atoms with Gasteiger partial charge in [0.15, 0.2) is 5.82 Å². The summed E-state index contributed by atoms with van der Waals surface area (Å²) in [5.74, 6) is 1.10. The molecule has 0 spiro atoms. The van der Waals surface area contributed by atoms with Crippen LogP contribution < -0.4 is 5.32 Å². The molecule has 25 heavy (non-hydrogen) atoms. The van der Waals surface area contributed by atoms with Gasteiger partial charge in [-0.1, -0.05) is 29.8 Å². The highest BCUT2D eigenvalue weighted by Crippen LogP contribution is 2.32. The maximum absolute atomic E-state index is 12.4. The van der Waals surface area contributed by atoms with Crippen LogP contribution in [0.4, 0.5) is 5.82 Å². The van der Waals surface area contributed by atoms with Gasteiger partial charge < -0.3 is 14.8 Å². The summed E-state index contributed by atoms with van der Waals surface area (Å²) in [6.45, 7) is 3.08. The summed E-state index contributed by atoms with van der Waals surface area (Å²) < 4.78 is 5.00. The van der Waals surface area contributed by atoms with Crippen LogP contribution in [-0.4, -0.2) is 34.0 Å². The summed E-state index contributed by atoms with van der Waals surface area (Å²) >= 11 is 0. The number of aromatic nitrogens is 2. The third kappa shape index (κ3) is 3.44. The zero-order valence-electron chi connectivity index (χ0n) is 14.3. The molecule has 6 heteroatoms. The van der Waals surface area contributed by atoms with Crippen molar-refractivity contribution in [2.45, 2.75) is 32.2 Å². The van der Waals surface area contributed by atoms with E-state index in [2.05, 4.69) is 38.6 Å². The van der Waals surface area contributed by atoms with Crippen LogP contribution in [0.2, 0.25) is 0 Å². The molecule has 1 saturated heterocycles. The van der Waals surface area contributed by atoms with Crippen molar-refractivity contribution in [3.05, 3.63) is 47.9 Å². The summed E-state index contributed by atoms with van der Waals surface area (Å²) in [4.78, 5) is 18.2. The van der Waals surface area contributed by atoms with Gasteiger partial charge in [-0.15, -0.1) is 0 Å². The lowest BCUT2D eigenvalue weighted by Gasteiger charge is -2.34. The molecule has 1 amide bonds. The number of aryl methyl sites for hydroxylation is 1. The van der Waals surface area contributed by atoms with Crippen molar-refractivity contribution in [1.82, 2.24) is 15.0 Å². The van der Waals surface area contributed by atoms with E-state index in [0.29, 0.717) is 18.1 Å². The van der Waals surface area contributed by atoms with Gasteiger partial charge in [-0.05, 0) is 43.8 Å². The van der Waals surface area contributed by atoms with Crippen LogP contribution in [0, 0.1) is 6.92 Å². The number of anilines is 1. The molecule has 1 aromatic carbocycles. The Balaban J connectivity index is 1.49. The van der Waals surface area contributed by atoms with Gasteiger partial charge in [0.25, 0.3) is 0 Å². The fourth-order valence-corrected chi connectivity index (χ4v) is 3.60. The number of nitrogens with zero attached hydrogens (tertiary/aromatic N) is 2. The van der Waals surface area contributed by atoms with Crippen molar-refractivity contribution in [2.75, 3.05) is 18.4 Å². The molecule has 1 unspecified atom stereocenters. The molecule has 0 saturated carbocycles. The van der Waals surface area contributed by atoms with E-state index in [-0.39, 0.29) is 11.9 Å². The number of carbonyl (C=O) groups excluding carboxylic acids is 1. The van der Waals surface area contributed by atoms with Gasteiger partial charge in [-0.25, -0.2) is 0 Å². The molecule has 4 rings (SSSR count). The van der Waals surface area contributed by atoms with Crippen LogP contribution >= 0.6 is 0 Å². The Morgan fingerprint density at radius 1 is 1.36 bits per heavy atom. The molecular weight excluding hydrogens is 316 g/mol. The standard InChI is InChI=1S/C19H22N4O2/c1-13-10-18(22-25-13)21-19(24)12-23-9-5-4-8-17(23)16-11-14-6-2-3-7-15(14)20-16/h2-3,6-7,10-11,17,20H,4-5,8-9,12H2,1H3,(H,21,22,24). The van der Waals surface area contributed by atoms with Crippen LogP contribution in [0.1, 0.15) is 36.8 Å². The lowest BCUT2D eigenvalue weighted by molar-refractivity contribution is -0.118. The molecule has 130 valence electrons. The Kier molecular flexibility index (Phi) is 4.28. The third-order valence-corrected chi connectivity index (χ3v) is 4.77. The lowest BCUT2D eigenvalue weighted by atomic mass is 9.99. The van der Waals surface area contributed by atoms with Crippen LogP contribution in [0.15, 0.2) is 40.9 Å². The fourth-order valence-electron chi connectivity index (χ4n) is 3.60. The molecular formula is C19H22N4O2. The molecule has 1 atom stereocenters. The summed E-state index contributed by atoms with van der Waals surface area (Å²) in [5.41, 5.74) is 2.33. The van der Waals surface area contributed by atoms with Crippen LogP contribution in [0.3, 0.4) is 0 Å². The molecule has 3 aromatic rings. The van der Waals surface area contributed by atoms with Crippen molar-refractivity contribution in [3.8, 4) is 0 Å². The van der Waals surface area contributed by atoms with E-state index in [1.165, 1.54) is 17.5 Å². The zero-order chi connectivity index (χ0) is 17.2. The SMILES string of the molecule is Cc1cc(NC(=O)CN2CCCCC2c2cc3ccccc3[nH]2)no1. The number of fused-ring (bicyclic) bond motifs is 1. The van der Waals surface area contributed by atoms with E-state index in [1.54, 1.807) is 13.0 Å². The number of likely N-dealkylation sites (tertiary alicyclic amines) is 1.